The average molecular weight is 301 g/mol. The van der Waals surface area contributed by atoms with Gasteiger partial charge in [-0.15, -0.1) is 23.2 Å². The molecular weight excluding hydrogens is 275 g/mol. The molecule has 0 aliphatic rings. The first kappa shape index (κ1) is 16.9. The second kappa shape index (κ2) is 7.55. The molecule has 0 nitrogen and oxygen atoms in total. The van der Waals surface area contributed by atoms with Crippen LogP contribution in [0.15, 0.2) is 24.3 Å². The van der Waals surface area contributed by atoms with Crippen LogP contribution in [0.4, 0.5) is 0 Å². The summed E-state index contributed by atoms with van der Waals surface area (Å²) in [7, 11) is 0. The van der Waals surface area contributed by atoms with Gasteiger partial charge in [0.2, 0.25) is 0 Å². The number of hydrogen-bond donors (Lipinski definition) is 0. The van der Waals surface area contributed by atoms with Gasteiger partial charge in [0.15, 0.2) is 0 Å². The first-order chi connectivity index (χ1) is 8.92. The molecule has 0 saturated heterocycles. The monoisotopic (exact) mass is 300 g/mol. The van der Waals surface area contributed by atoms with E-state index in [1.54, 1.807) is 0 Å². The summed E-state index contributed by atoms with van der Waals surface area (Å²) in [4.78, 5) is 0. The van der Waals surface area contributed by atoms with Crippen LogP contribution in [-0.4, -0.2) is 11.8 Å². The van der Waals surface area contributed by atoms with E-state index >= 15 is 0 Å². The molecule has 0 amide bonds. The molecule has 0 heterocycles. The van der Waals surface area contributed by atoms with Crippen molar-refractivity contribution in [1.29, 1.82) is 0 Å². The quantitative estimate of drug-likeness (QED) is 0.553. The lowest BCUT2D eigenvalue weighted by Crippen LogP contribution is -2.30. The molecule has 0 N–H and O–H groups in total. The SMILES string of the molecule is CC(C)CC(CCl)(CCl)Cc1ccc(C(C)C)cc1. The molecule has 0 aliphatic carbocycles. The van der Waals surface area contributed by atoms with Crippen molar-refractivity contribution in [3.05, 3.63) is 35.4 Å². The molecule has 0 unspecified atom stereocenters. The number of hydrogen-bond acceptors (Lipinski definition) is 0. The lowest BCUT2D eigenvalue weighted by Gasteiger charge is -2.31. The highest BCUT2D eigenvalue weighted by molar-refractivity contribution is 6.21. The van der Waals surface area contributed by atoms with Gasteiger partial charge in [-0.05, 0) is 35.8 Å². The Hall–Kier alpha value is -0.200. The number of halogens is 2. The van der Waals surface area contributed by atoms with Crippen molar-refractivity contribution >= 4 is 23.2 Å². The van der Waals surface area contributed by atoms with E-state index < -0.39 is 0 Å². The van der Waals surface area contributed by atoms with Gasteiger partial charge >= 0.3 is 0 Å². The van der Waals surface area contributed by atoms with Gasteiger partial charge in [-0.25, -0.2) is 0 Å². The Morgan fingerprint density at radius 1 is 0.947 bits per heavy atom. The third-order valence-corrected chi connectivity index (χ3v) is 4.77. The highest BCUT2D eigenvalue weighted by Crippen LogP contribution is 2.34. The van der Waals surface area contributed by atoms with Gasteiger partial charge in [0, 0.05) is 17.2 Å². The van der Waals surface area contributed by atoms with Crippen molar-refractivity contribution in [3.63, 3.8) is 0 Å². The van der Waals surface area contributed by atoms with E-state index in [-0.39, 0.29) is 5.41 Å². The van der Waals surface area contributed by atoms with Crippen LogP contribution in [0.3, 0.4) is 0 Å². The highest BCUT2D eigenvalue weighted by atomic mass is 35.5. The van der Waals surface area contributed by atoms with Crippen LogP contribution in [0.25, 0.3) is 0 Å². The zero-order valence-corrected chi connectivity index (χ0v) is 14.1. The summed E-state index contributed by atoms with van der Waals surface area (Å²) in [5, 5.41) is 0. The normalized spacial score (nSPS) is 12.4. The molecule has 1 aromatic carbocycles. The highest BCUT2D eigenvalue weighted by Gasteiger charge is 2.29. The Kier molecular flexibility index (Phi) is 6.69. The van der Waals surface area contributed by atoms with Crippen LogP contribution in [0.5, 0.6) is 0 Å². The molecule has 0 radical (unpaired) electrons. The Morgan fingerprint density at radius 2 is 1.47 bits per heavy atom. The van der Waals surface area contributed by atoms with E-state index in [0.717, 1.165) is 12.8 Å². The minimum Gasteiger partial charge on any atom is -0.126 e. The molecule has 1 rings (SSSR count). The maximum Gasteiger partial charge on any atom is 0.0294 e. The largest absolute Gasteiger partial charge is 0.126 e. The van der Waals surface area contributed by atoms with Crippen LogP contribution in [0.2, 0.25) is 0 Å². The van der Waals surface area contributed by atoms with Crippen molar-refractivity contribution in [1.82, 2.24) is 0 Å². The zero-order chi connectivity index (χ0) is 14.5. The Morgan fingerprint density at radius 3 is 1.84 bits per heavy atom. The van der Waals surface area contributed by atoms with Crippen LogP contribution < -0.4 is 0 Å². The Balaban J connectivity index is 2.84. The van der Waals surface area contributed by atoms with Crippen molar-refractivity contribution in [2.24, 2.45) is 11.3 Å². The first-order valence-electron chi connectivity index (χ1n) is 7.13. The molecular formula is C17H26Cl2. The van der Waals surface area contributed by atoms with Gasteiger partial charge in [-0.2, -0.15) is 0 Å². The molecule has 0 bridgehead atoms. The molecule has 0 atom stereocenters. The van der Waals surface area contributed by atoms with Gasteiger partial charge in [0.1, 0.15) is 0 Å². The van der Waals surface area contributed by atoms with Crippen LogP contribution >= 0.6 is 23.2 Å². The van der Waals surface area contributed by atoms with E-state index in [1.807, 2.05) is 0 Å². The fraction of sp³-hybridized carbons (Fsp3) is 0.647. The summed E-state index contributed by atoms with van der Waals surface area (Å²) in [6.45, 7) is 8.90. The summed E-state index contributed by atoms with van der Waals surface area (Å²) >= 11 is 12.4. The lowest BCUT2D eigenvalue weighted by atomic mass is 9.78. The molecule has 2 heteroatoms. The number of rotatable bonds is 7. The molecule has 108 valence electrons. The molecule has 0 spiro atoms. The summed E-state index contributed by atoms with van der Waals surface area (Å²) in [6, 6.07) is 8.90. The van der Waals surface area contributed by atoms with Crippen molar-refractivity contribution in [3.8, 4) is 0 Å². The van der Waals surface area contributed by atoms with Gasteiger partial charge < -0.3 is 0 Å². The summed E-state index contributed by atoms with van der Waals surface area (Å²) < 4.78 is 0. The molecule has 0 aromatic heterocycles. The molecule has 19 heavy (non-hydrogen) atoms. The van der Waals surface area contributed by atoms with Gasteiger partial charge in [-0.1, -0.05) is 52.0 Å². The van der Waals surface area contributed by atoms with E-state index in [4.69, 9.17) is 23.2 Å². The Labute approximate surface area is 128 Å². The third-order valence-electron chi connectivity index (χ3n) is 3.63. The predicted molar refractivity (Wildman–Crippen MR) is 87.6 cm³/mol. The summed E-state index contributed by atoms with van der Waals surface area (Å²) in [5.41, 5.74) is 2.75. The van der Waals surface area contributed by atoms with Gasteiger partial charge in [0.25, 0.3) is 0 Å². The minimum absolute atomic E-state index is 0.0244. The molecule has 0 saturated carbocycles. The maximum absolute atomic E-state index is 6.22. The number of alkyl halides is 2. The second-order valence-electron chi connectivity index (χ2n) is 6.44. The van der Waals surface area contributed by atoms with Crippen molar-refractivity contribution < 1.29 is 0 Å². The molecule has 1 aromatic rings. The Bertz CT molecular complexity index is 361. The lowest BCUT2D eigenvalue weighted by molar-refractivity contribution is 0.295. The third kappa shape index (κ3) is 5.00. The fourth-order valence-corrected chi connectivity index (χ4v) is 3.32. The standard InChI is InChI=1S/C17H26Cl2/c1-13(2)9-17(11-18,12-19)10-15-5-7-16(8-6-15)14(3)4/h5-8,13-14H,9-12H2,1-4H3. The van der Waals surface area contributed by atoms with E-state index in [2.05, 4.69) is 52.0 Å². The predicted octanol–water partition coefficient (Wildman–Crippen LogP) is 5.86. The molecule has 0 aliphatic heterocycles. The molecule has 0 fully saturated rings. The fourth-order valence-electron chi connectivity index (χ4n) is 2.63. The van der Waals surface area contributed by atoms with Crippen LogP contribution in [0, 0.1) is 11.3 Å². The topological polar surface area (TPSA) is 0 Å². The van der Waals surface area contributed by atoms with Crippen LogP contribution in [-0.2, 0) is 6.42 Å². The van der Waals surface area contributed by atoms with E-state index in [9.17, 15) is 0 Å². The number of benzene rings is 1. The van der Waals surface area contributed by atoms with Crippen molar-refractivity contribution in [2.45, 2.75) is 46.5 Å². The average Bonchev–Trinajstić information content (AvgIpc) is 2.38. The second-order valence-corrected chi connectivity index (χ2v) is 6.97. The van der Waals surface area contributed by atoms with E-state index in [0.29, 0.717) is 23.6 Å². The minimum atomic E-state index is 0.0244. The van der Waals surface area contributed by atoms with Gasteiger partial charge in [-0.3, -0.25) is 0 Å². The summed E-state index contributed by atoms with van der Waals surface area (Å²) in [5.74, 6) is 2.45. The summed E-state index contributed by atoms with van der Waals surface area (Å²) in [6.07, 6.45) is 2.04. The zero-order valence-electron chi connectivity index (χ0n) is 12.5. The van der Waals surface area contributed by atoms with Crippen LogP contribution in [0.1, 0.15) is 51.2 Å². The first-order valence-corrected chi connectivity index (χ1v) is 8.20. The van der Waals surface area contributed by atoms with E-state index in [1.165, 1.54) is 11.1 Å². The maximum atomic E-state index is 6.22. The smallest absolute Gasteiger partial charge is 0.0294 e. The van der Waals surface area contributed by atoms with Gasteiger partial charge in [0.05, 0.1) is 0 Å². The van der Waals surface area contributed by atoms with Crippen molar-refractivity contribution in [2.75, 3.05) is 11.8 Å².